The summed E-state index contributed by atoms with van der Waals surface area (Å²) < 4.78 is 5.75. The molecule has 0 bridgehead atoms. The number of hydrogen-bond donors (Lipinski definition) is 3. The van der Waals surface area contributed by atoms with Gasteiger partial charge >= 0.3 is 0 Å². The number of nitrogens with one attached hydrogen (secondary N) is 3. The van der Waals surface area contributed by atoms with Gasteiger partial charge in [0.05, 0.1) is 0 Å². The zero-order chi connectivity index (χ0) is 23.8. The molecule has 172 valence electrons. The monoisotopic (exact) mass is 439 g/mol. The summed E-state index contributed by atoms with van der Waals surface area (Å²) in [6.07, 6.45) is -0.394. The van der Waals surface area contributed by atoms with Gasteiger partial charge in [-0.25, -0.2) is 0 Å². The molecule has 0 aliphatic heterocycles. The molecule has 0 aromatic heterocycles. The number of aryl methyl sites for hydroxylation is 2. The minimum absolute atomic E-state index is 0.158. The van der Waals surface area contributed by atoms with Crippen molar-refractivity contribution in [2.75, 3.05) is 0 Å². The Morgan fingerprint density at radius 1 is 0.844 bits per heavy atom. The highest BCUT2D eigenvalue weighted by Gasteiger charge is 2.24. The maximum absolute atomic E-state index is 12.7. The van der Waals surface area contributed by atoms with E-state index in [9.17, 15) is 14.4 Å². The van der Waals surface area contributed by atoms with E-state index in [4.69, 9.17) is 4.74 Å². The first-order valence-electron chi connectivity index (χ1n) is 10.8. The fourth-order valence-corrected chi connectivity index (χ4v) is 3.17. The van der Waals surface area contributed by atoms with Gasteiger partial charge in [-0.05, 0) is 68.9 Å². The Hall–Kier alpha value is -3.35. The van der Waals surface area contributed by atoms with Crippen LogP contribution in [0.2, 0.25) is 0 Å². The Labute approximate surface area is 189 Å². The summed E-state index contributed by atoms with van der Waals surface area (Å²) in [4.78, 5) is 37.8. The van der Waals surface area contributed by atoms with Gasteiger partial charge in [0.1, 0.15) is 11.8 Å². The normalized spacial score (nSPS) is 12.6. The maximum atomic E-state index is 12.7. The minimum atomic E-state index is -0.819. The summed E-state index contributed by atoms with van der Waals surface area (Å²) in [6, 6.07) is 12.0. The van der Waals surface area contributed by atoms with E-state index in [0.717, 1.165) is 16.7 Å². The Kier molecular flexibility index (Phi) is 8.81. The number of rotatable bonds is 8. The van der Waals surface area contributed by atoms with E-state index >= 15 is 0 Å². The van der Waals surface area contributed by atoms with E-state index in [2.05, 4.69) is 16.2 Å². The predicted molar refractivity (Wildman–Crippen MR) is 124 cm³/mol. The van der Waals surface area contributed by atoms with Crippen LogP contribution in [0.5, 0.6) is 5.75 Å². The summed E-state index contributed by atoms with van der Waals surface area (Å²) >= 11 is 0. The zero-order valence-corrected chi connectivity index (χ0v) is 19.6. The van der Waals surface area contributed by atoms with Crippen molar-refractivity contribution in [3.05, 3.63) is 64.7 Å². The van der Waals surface area contributed by atoms with Gasteiger partial charge < -0.3 is 10.1 Å². The summed E-state index contributed by atoms with van der Waals surface area (Å²) in [5.74, 6) is -0.546. The maximum Gasteiger partial charge on any atom is 0.279 e. The minimum Gasteiger partial charge on any atom is -0.481 e. The highest BCUT2D eigenvalue weighted by Crippen LogP contribution is 2.21. The van der Waals surface area contributed by atoms with Crippen LogP contribution in [0.15, 0.2) is 42.5 Å². The van der Waals surface area contributed by atoms with Crippen LogP contribution in [0.4, 0.5) is 0 Å². The number of carbonyl (C=O) groups is 3. The van der Waals surface area contributed by atoms with Gasteiger partial charge in [0.15, 0.2) is 6.10 Å². The van der Waals surface area contributed by atoms with Gasteiger partial charge in [0.2, 0.25) is 0 Å². The van der Waals surface area contributed by atoms with Gasteiger partial charge in [0.25, 0.3) is 17.7 Å². The van der Waals surface area contributed by atoms with Gasteiger partial charge in [-0.1, -0.05) is 44.2 Å². The fraction of sp³-hybridized carbons (Fsp3) is 0.400. The molecule has 2 atom stereocenters. The quantitative estimate of drug-likeness (QED) is 0.550. The Bertz CT molecular complexity index is 971. The van der Waals surface area contributed by atoms with Crippen molar-refractivity contribution in [1.29, 1.82) is 0 Å². The lowest BCUT2D eigenvalue weighted by Crippen LogP contribution is -2.54. The van der Waals surface area contributed by atoms with E-state index in [0.29, 0.717) is 17.7 Å². The van der Waals surface area contributed by atoms with Gasteiger partial charge in [-0.3, -0.25) is 25.2 Å². The molecule has 0 radical (unpaired) electrons. The molecule has 7 heteroatoms. The third kappa shape index (κ3) is 6.83. The summed E-state index contributed by atoms with van der Waals surface area (Å²) in [5.41, 5.74) is 8.16. The average Bonchev–Trinajstić information content (AvgIpc) is 2.74. The van der Waals surface area contributed by atoms with E-state index in [1.54, 1.807) is 25.1 Å². The summed E-state index contributed by atoms with van der Waals surface area (Å²) in [5, 5.41) is 2.78. The second-order valence-electron chi connectivity index (χ2n) is 8.41. The van der Waals surface area contributed by atoms with E-state index in [1.807, 2.05) is 58.9 Å². The summed E-state index contributed by atoms with van der Waals surface area (Å²) in [6.45, 7) is 11.2. The molecular weight excluding hydrogens is 406 g/mol. The largest absolute Gasteiger partial charge is 0.481 e. The molecule has 0 saturated carbocycles. The highest BCUT2D eigenvalue weighted by molar-refractivity contribution is 5.98. The lowest BCUT2D eigenvalue weighted by Gasteiger charge is -2.22. The second kappa shape index (κ2) is 11.3. The molecule has 0 fully saturated rings. The van der Waals surface area contributed by atoms with Crippen molar-refractivity contribution in [1.82, 2.24) is 16.2 Å². The smallest absolute Gasteiger partial charge is 0.279 e. The first-order valence-corrected chi connectivity index (χ1v) is 10.8. The van der Waals surface area contributed by atoms with Crippen LogP contribution in [-0.2, 0) is 9.59 Å². The van der Waals surface area contributed by atoms with Crippen molar-refractivity contribution in [2.45, 2.75) is 60.1 Å². The van der Waals surface area contributed by atoms with Crippen molar-refractivity contribution >= 4 is 17.7 Å². The molecule has 0 spiro atoms. The van der Waals surface area contributed by atoms with Crippen LogP contribution in [-0.4, -0.2) is 29.9 Å². The summed E-state index contributed by atoms with van der Waals surface area (Å²) in [7, 11) is 0. The third-order valence-corrected chi connectivity index (χ3v) is 5.26. The standard InChI is InChI=1S/C25H33N3O4/c1-15(2)14-21(26-24(30)20-12-8-7-10-17(20)4)25(31)28-27-23(29)19(6)32-22-13-9-11-16(3)18(22)5/h7-13,15,19,21H,14H2,1-6H3,(H,26,30)(H,27,29)(H,28,31)/t19-,21-/m1/s1. The van der Waals surface area contributed by atoms with Crippen LogP contribution in [0.25, 0.3) is 0 Å². The van der Waals surface area contributed by atoms with Gasteiger partial charge in [0, 0.05) is 5.56 Å². The molecule has 0 unspecified atom stereocenters. The Balaban J connectivity index is 1.98. The Morgan fingerprint density at radius 3 is 2.12 bits per heavy atom. The highest BCUT2D eigenvalue weighted by atomic mass is 16.5. The molecule has 0 aliphatic rings. The first-order chi connectivity index (χ1) is 15.1. The number of ether oxygens (including phenoxy) is 1. The molecule has 2 aromatic rings. The lowest BCUT2D eigenvalue weighted by molar-refractivity contribution is -0.133. The number of hydrazine groups is 1. The van der Waals surface area contributed by atoms with Crippen LogP contribution < -0.4 is 20.9 Å². The van der Waals surface area contributed by atoms with Gasteiger partial charge in [-0.2, -0.15) is 0 Å². The molecule has 2 rings (SSSR count). The molecule has 0 heterocycles. The lowest BCUT2D eigenvalue weighted by atomic mass is 10.0. The van der Waals surface area contributed by atoms with Crippen LogP contribution in [0.1, 0.15) is 54.2 Å². The zero-order valence-electron chi connectivity index (χ0n) is 19.6. The van der Waals surface area contributed by atoms with Gasteiger partial charge in [-0.15, -0.1) is 0 Å². The third-order valence-electron chi connectivity index (χ3n) is 5.26. The molecule has 0 saturated heterocycles. The van der Waals surface area contributed by atoms with Crippen LogP contribution in [0, 0.1) is 26.7 Å². The number of amides is 3. The molecule has 2 aromatic carbocycles. The molecule has 7 nitrogen and oxygen atoms in total. The fourth-order valence-electron chi connectivity index (χ4n) is 3.17. The SMILES string of the molecule is Cc1ccccc1C(=O)N[C@H](CC(C)C)C(=O)NNC(=O)[C@@H](C)Oc1cccc(C)c1C. The second-order valence-corrected chi connectivity index (χ2v) is 8.41. The Morgan fingerprint density at radius 2 is 1.47 bits per heavy atom. The van der Waals surface area contributed by atoms with Crippen molar-refractivity contribution in [3.8, 4) is 5.75 Å². The van der Waals surface area contributed by atoms with Crippen LogP contribution >= 0.6 is 0 Å². The van der Waals surface area contributed by atoms with E-state index in [1.165, 1.54) is 0 Å². The predicted octanol–water partition coefficient (Wildman–Crippen LogP) is 3.37. The molecule has 3 N–H and O–H groups in total. The number of hydrogen-bond acceptors (Lipinski definition) is 4. The number of benzene rings is 2. The molecule has 32 heavy (non-hydrogen) atoms. The molecule has 3 amide bonds. The van der Waals surface area contributed by atoms with Crippen molar-refractivity contribution in [2.24, 2.45) is 5.92 Å². The van der Waals surface area contributed by atoms with Crippen molar-refractivity contribution in [3.63, 3.8) is 0 Å². The average molecular weight is 440 g/mol. The molecule has 0 aliphatic carbocycles. The first kappa shape index (κ1) is 24.9. The molecular formula is C25H33N3O4. The number of carbonyl (C=O) groups excluding carboxylic acids is 3. The van der Waals surface area contributed by atoms with E-state index < -0.39 is 24.0 Å². The van der Waals surface area contributed by atoms with Crippen LogP contribution in [0.3, 0.4) is 0 Å². The topological polar surface area (TPSA) is 96.5 Å². The van der Waals surface area contributed by atoms with Crippen molar-refractivity contribution < 1.29 is 19.1 Å². The van der Waals surface area contributed by atoms with E-state index in [-0.39, 0.29) is 11.8 Å².